The van der Waals surface area contributed by atoms with E-state index in [1.54, 1.807) is 18.2 Å². The van der Waals surface area contributed by atoms with Crippen molar-refractivity contribution in [2.75, 3.05) is 0 Å². The standard InChI is InChI=1S/C11H11BrF2O/c1-7-3-4-8(5-9(7)12)6-10(15)11(2,13)14/h3-5H,6H2,1-2H3. The highest BCUT2D eigenvalue weighted by atomic mass is 79.9. The van der Waals surface area contributed by atoms with Crippen molar-refractivity contribution >= 4 is 21.7 Å². The fraction of sp³-hybridized carbons (Fsp3) is 0.364. The Morgan fingerprint density at radius 2 is 2.07 bits per heavy atom. The highest BCUT2D eigenvalue weighted by Crippen LogP contribution is 2.21. The van der Waals surface area contributed by atoms with Crippen LogP contribution in [0, 0.1) is 6.92 Å². The van der Waals surface area contributed by atoms with Crippen molar-refractivity contribution in [2.45, 2.75) is 26.2 Å². The van der Waals surface area contributed by atoms with Crippen molar-refractivity contribution in [3.05, 3.63) is 33.8 Å². The largest absolute Gasteiger partial charge is 0.302 e. The first-order chi connectivity index (χ1) is 6.80. The minimum absolute atomic E-state index is 0.234. The Morgan fingerprint density at radius 3 is 2.53 bits per heavy atom. The molecule has 0 unspecified atom stereocenters. The zero-order chi connectivity index (χ0) is 11.6. The van der Waals surface area contributed by atoms with E-state index in [2.05, 4.69) is 15.9 Å². The maximum Gasteiger partial charge on any atom is 0.302 e. The van der Waals surface area contributed by atoms with E-state index in [1.807, 2.05) is 6.92 Å². The van der Waals surface area contributed by atoms with Gasteiger partial charge < -0.3 is 0 Å². The Kier molecular flexibility index (Phi) is 3.60. The third-order valence-electron chi connectivity index (χ3n) is 2.09. The molecule has 1 nitrogen and oxygen atoms in total. The molecular formula is C11H11BrF2O. The third-order valence-corrected chi connectivity index (χ3v) is 2.94. The molecule has 15 heavy (non-hydrogen) atoms. The van der Waals surface area contributed by atoms with Gasteiger partial charge in [0.05, 0.1) is 0 Å². The van der Waals surface area contributed by atoms with Gasteiger partial charge in [-0.3, -0.25) is 4.79 Å². The summed E-state index contributed by atoms with van der Waals surface area (Å²) in [7, 11) is 0. The van der Waals surface area contributed by atoms with Crippen LogP contribution >= 0.6 is 15.9 Å². The SMILES string of the molecule is Cc1ccc(CC(=O)C(C)(F)F)cc1Br. The first kappa shape index (κ1) is 12.3. The molecule has 0 saturated heterocycles. The molecule has 0 fully saturated rings. The Morgan fingerprint density at radius 1 is 1.47 bits per heavy atom. The molecule has 1 aromatic rings. The summed E-state index contributed by atoms with van der Waals surface area (Å²) >= 11 is 3.29. The first-order valence-corrected chi connectivity index (χ1v) is 5.26. The zero-order valence-corrected chi connectivity index (χ0v) is 10.1. The Bertz CT molecular complexity index is 383. The van der Waals surface area contributed by atoms with Crippen LogP contribution in [0.4, 0.5) is 8.78 Å². The molecule has 1 rings (SSSR count). The van der Waals surface area contributed by atoms with Crippen molar-refractivity contribution in [1.82, 2.24) is 0 Å². The van der Waals surface area contributed by atoms with Crippen LogP contribution in [0.3, 0.4) is 0 Å². The summed E-state index contributed by atoms with van der Waals surface area (Å²) in [5, 5.41) is 0. The molecular weight excluding hydrogens is 266 g/mol. The lowest BCUT2D eigenvalue weighted by atomic mass is 10.0. The average molecular weight is 277 g/mol. The van der Waals surface area contributed by atoms with Gasteiger partial charge in [-0.15, -0.1) is 0 Å². The van der Waals surface area contributed by atoms with Gasteiger partial charge in [-0.1, -0.05) is 28.1 Å². The van der Waals surface area contributed by atoms with E-state index >= 15 is 0 Å². The monoisotopic (exact) mass is 276 g/mol. The fourth-order valence-corrected chi connectivity index (χ4v) is 1.51. The summed E-state index contributed by atoms with van der Waals surface area (Å²) in [4.78, 5) is 11.1. The van der Waals surface area contributed by atoms with E-state index in [0.717, 1.165) is 10.0 Å². The zero-order valence-electron chi connectivity index (χ0n) is 8.48. The van der Waals surface area contributed by atoms with Crippen LogP contribution in [0.5, 0.6) is 0 Å². The van der Waals surface area contributed by atoms with Crippen LogP contribution < -0.4 is 0 Å². The van der Waals surface area contributed by atoms with Crippen LogP contribution in [-0.2, 0) is 11.2 Å². The molecule has 0 spiro atoms. The van der Waals surface area contributed by atoms with Gasteiger partial charge in [-0.2, -0.15) is 8.78 Å². The summed E-state index contributed by atoms with van der Waals surface area (Å²) in [6.07, 6.45) is -0.234. The van der Waals surface area contributed by atoms with Gasteiger partial charge in [0.15, 0.2) is 0 Å². The number of carbonyl (C=O) groups is 1. The van der Waals surface area contributed by atoms with E-state index in [0.29, 0.717) is 12.5 Å². The van der Waals surface area contributed by atoms with E-state index in [4.69, 9.17) is 0 Å². The summed E-state index contributed by atoms with van der Waals surface area (Å²) < 4.78 is 26.1. The second-order valence-electron chi connectivity index (χ2n) is 3.57. The molecule has 0 atom stereocenters. The number of rotatable bonds is 3. The third kappa shape index (κ3) is 3.38. The lowest BCUT2D eigenvalue weighted by Crippen LogP contribution is -2.26. The van der Waals surface area contributed by atoms with Gasteiger partial charge in [0.1, 0.15) is 0 Å². The van der Waals surface area contributed by atoms with Crippen molar-refractivity contribution in [3.63, 3.8) is 0 Å². The smallest absolute Gasteiger partial charge is 0.293 e. The predicted octanol–water partition coefficient (Wildman–Crippen LogP) is 3.52. The summed E-state index contributed by atoms with van der Waals surface area (Å²) in [6.45, 7) is 2.52. The number of aryl methyl sites for hydroxylation is 1. The summed E-state index contributed by atoms with van der Waals surface area (Å²) in [5.41, 5.74) is 1.61. The minimum atomic E-state index is -3.25. The summed E-state index contributed by atoms with van der Waals surface area (Å²) in [5.74, 6) is -4.31. The molecule has 0 N–H and O–H groups in total. The van der Waals surface area contributed by atoms with Crippen molar-refractivity contribution < 1.29 is 13.6 Å². The molecule has 0 radical (unpaired) electrons. The Labute approximate surface area is 95.6 Å². The molecule has 0 heterocycles. The normalized spacial score (nSPS) is 11.5. The number of ketones is 1. The van der Waals surface area contributed by atoms with Gasteiger partial charge in [-0.25, -0.2) is 0 Å². The van der Waals surface area contributed by atoms with Gasteiger partial charge in [0.2, 0.25) is 5.78 Å². The summed E-state index contributed by atoms with van der Waals surface area (Å²) in [6, 6.07) is 5.17. The van der Waals surface area contributed by atoms with Crippen LogP contribution in [0.25, 0.3) is 0 Å². The molecule has 0 aliphatic rings. The van der Waals surface area contributed by atoms with Crippen LogP contribution in [0.2, 0.25) is 0 Å². The van der Waals surface area contributed by atoms with Gasteiger partial charge in [0.25, 0.3) is 0 Å². The first-order valence-electron chi connectivity index (χ1n) is 4.47. The number of carbonyl (C=O) groups excluding carboxylic acids is 1. The molecule has 0 amide bonds. The van der Waals surface area contributed by atoms with Gasteiger partial charge in [0, 0.05) is 17.8 Å². The molecule has 82 valence electrons. The second-order valence-corrected chi connectivity index (χ2v) is 4.43. The Hall–Kier alpha value is -0.770. The molecule has 0 saturated carbocycles. The lowest BCUT2D eigenvalue weighted by Gasteiger charge is -2.09. The second kappa shape index (κ2) is 4.39. The lowest BCUT2D eigenvalue weighted by molar-refractivity contribution is -0.139. The Balaban J connectivity index is 2.83. The van der Waals surface area contributed by atoms with Crippen molar-refractivity contribution in [2.24, 2.45) is 0 Å². The van der Waals surface area contributed by atoms with E-state index < -0.39 is 11.7 Å². The van der Waals surface area contributed by atoms with E-state index in [-0.39, 0.29) is 6.42 Å². The number of halogens is 3. The van der Waals surface area contributed by atoms with Crippen LogP contribution in [-0.4, -0.2) is 11.7 Å². The fourth-order valence-electron chi connectivity index (χ4n) is 1.09. The van der Waals surface area contributed by atoms with Crippen molar-refractivity contribution in [1.29, 1.82) is 0 Å². The molecule has 0 bridgehead atoms. The molecule has 0 aromatic heterocycles. The number of alkyl halides is 2. The van der Waals surface area contributed by atoms with Crippen LogP contribution in [0.15, 0.2) is 22.7 Å². The molecule has 4 heteroatoms. The highest BCUT2D eigenvalue weighted by molar-refractivity contribution is 9.10. The van der Waals surface area contributed by atoms with Gasteiger partial charge >= 0.3 is 5.92 Å². The maximum absolute atomic E-state index is 12.6. The molecule has 1 aromatic carbocycles. The van der Waals surface area contributed by atoms with E-state index in [9.17, 15) is 13.6 Å². The predicted molar refractivity (Wildman–Crippen MR) is 58.2 cm³/mol. The maximum atomic E-state index is 12.6. The molecule has 0 aliphatic heterocycles. The van der Waals surface area contributed by atoms with Crippen molar-refractivity contribution in [3.8, 4) is 0 Å². The topological polar surface area (TPSA) is 17.1 Å². The minimum Gasteiger partial charge on any atom is -0.293 e. The number of hydrogen-bond donors (Lipinski definition) is 0. The molecule has 0 aliphatic carbocycles. The number of benzene rings is 1. The highest BCUT2D eigenvalue weighted by Gasteiger charge is 2.31. The quantitative estimate of drug-likeness (QED) is 0.826. The van der Waals surface area contributed by atoms with Crippen LogP contribution in [0.1, 0.15) is 18.1 Å². The number of Topliss-reactive ketones (excluding diaryl/α,β-unsaturated/α-hetero) is 1. The number of hydrogen-bond acceptors (Lipinski definition) is 1. The average Bonchev–Trinajstić information content (AvgIpc) is 2.10. The van der Waals surface area contributed by atoms with E-state index in [1.165, 1.54) is 0 Å². The van der Waals surface area contributed by atoms with Gasteiger partial charge in [-0.05, 0) is 24.1 Å².